The molecule has 1 aliphatic heterocycles. The zero-order valence-electron chi connectivity index (χ0n) is 17.8. The van der Waals surface area contributed by atoms with Gasteiger partial charge in [0.15, 0.2) is 0 Å². The third-order valence-electron chi connectivity index (χ3n) is 5.63. The number of thiophene rings is 1. The summed E-state index contributed by atoms with van der Waals surface area (Å²) < 4.78 is 7.41. The number of rotatable bonds is 6. The number of nitrogens with zero attached hydrogens (tertiary/aromatic N) is 5. The largest absolute Gasteiger partial charge is 0.379 e. The molecule has 0 spiro atoms. The minimum atomic E-state index is 0.733. The quantitative estimate of drug-likeness (QED) is 0.492. The average Bonchev–Trinajstić information content (AvgIpc) is 3.33. The highest BCUT2D eigenvalue weighted by molar-refractivity contribution is 7.18. The van der Waals surface area contributed by atoms with E-state index in [4.69, 9.17) is 14.7 Å². The third-order valence-corrected chi connectivity index (χ3v) is 6.73. The predicted octanol–water partition coefficient (Wildman–Crippen LogP) is 4.13. The lowest BCUT2D eigenvalue weighted by molar-refractivity contribution is 0.0331. The van der Waals surface area contributed by atoms with Gasteiger partial charge in [0, 0.05) is 24.2 Å². The van der Waals surface area contributed by atoms with E-state index in [1.807, 2.05) is 35.3 Å². The monoisotopic (exact) mass is 434 g/mol. The van der Waals surface area contributed by atoms with Crippen LogP contribution in [0.4, 0.5) is 11.5 Å². The Morgan fingerprint density at radius 3 is 2.68 bits per heavy atom. The van der Waals surface area contributed by atoms with Crippen LogP contribution in [-0.4, -0.2) is 51.0 Å². The van der Waals surface area contributed by atoms with Gasteiger partial charge in [0.2, 0.25) is 0 Å². The molecule has 0 radical (unpaired) electrons. The molecule has 4 aromatic rings. The van der Waals surface area contributed by atoms with Gasteiger partial charge in [-0.3, -0.25) is 9.58 Å². The second kappa shape index (κ2) is 8.74. The molecule has 0 unspecified atom stereocenters. The van der Waals surface area contributed by atoms with Crippen molar-refractivity contribution in [2.75, 3.05) is 31.6 Å². The predicted molar refractivity (Wildman–Crippen MR) is 124 cm³/mol. The molecule has 5 rings (SSSR count). The molecule has 160 valence electrons. The maximum absolute atomic E-state index is 5.47. The van der Waals surface area contributed by atoms with Crippen molar-refractivity contribution in [3.05, 3.63) is 64.6 Å². The highest BCUT2D eigenvalue weighted by Gasteiger charge is 2.18. The first-order chi connectivity index (χ1) is 15.2. The highest BCUT2D eigenvalue weighted by Crippen LogP contribution is 2.34. The fourth-order valence-electron chi connectivity index (χ4n) is 3.84. The zero-order valence-corrected chi connectivity index (χ0v) is 18.7. The van der Waals surface area contributed by atoms with Gasteiger partial charge in [-0.15, -0.1) is 11.3 Å². The molecule has 7 nitrogen and oxygen atoms in total. The van der Waals surface area contributed by atoms with Crippen molar-refractivity contribution < 1.29 is 4.74 Å². The van der Waals surface area contributed by atoms with Crippen LogP contribution < -0.4 is 5.32 Å². The first kappa shape index (κ1) is 20.1. The number of aromatic nitrogens is 4. The van der Waals surface area contributed by atoms with Crippen molar-refractivity contribution in [1.82, 2.24) is 24.6 Å². The van der Waals surface area contributed by atoms with E-state index in [9.17, 15) is 0 Å². The van der Waals surface area contributed by atoms with E-state index in [0.29, 0.717) is 0 Å². The fourth-order valence-corrected chi connectivity index (χ4v) is 4.88. The summed E-state index contributed by atoms with van der Waals surface area (Å²) in [7, 11) is 0. The van der Waals surface area contributed by atoms with Crippen molar-refractivity contribution in [2.45, 2.75) is 26.9 Å². The number of hydrogen-bond acceptors (Lipinski definition) is 7. The molecular formula is C23H26N6OS. The molecule has 3 aromatic heterocycles. The van der Waals surface area contributed by atoms with E-state index in [1.165, 1.54) is 16.0 Å². The number of nitrogens with one attached hydrogen (secondary N) is 1. The summed E-state index contributed by atoms with van der Waals surface area (Å²) in [5, 5.41) is 9.14. The Kier molecular flexibility index (Phi) is 5.67. The van der Waals surface area contributed by atoms with Gasteiger partial charge in [-0.25, -0.2) is 9.97 Å². The van der Waals surface area contributed by atoms with Gasteiger partial charge in [0.25, 0.3) is 0 Å². The molecule has 8 heteroatoms. The summed E-state index contributed by atoms with van der Waals surface area (Å²) in [6.07, 6.45) is 3.88. The summed E-state index contributed by atoms with van der Waals surface area (Å²) in [5.74, 6) is 1.70. The van der Waals surface area contributed by atoms with Gasteiger partial charge in [0.05, 0.1) is 43.6 Å². The van der Waals surface area contributed by atoms with Crippen LogP contribution >= 0.6 is 11.3 Å². The van der Waals surface area contributed by atoms with Crippen LogP contribution in [0.3, 0.4) is 0 Å². The molecule has 4 heterocycles. The SMILES string of the molecule is Cc1sc2nc(CN3CCOCC3)nc(Nc3cnn(Cc4ccccc4)c3)c2c1C. The molecule has 1 aliphatic rings. The van der Waals surface area contributed by atoms with Gasteiger partial charge in [0.1, 0.15) is 16.5 Å². The lowest BCUT2D eigenvalue weighted by Crippen LogP contribution is -2.36. The Balaban J connectivity index is 1.42. The van der Waals surface area contributed by atoms with Crippen LogP contribution in [0.1, 0.15) is 21.8 Å². The second-order valence-electron chi connectivity index (χ2n) is 7.88. The number of benzene rings is 1. The molecule has 1 fully saturated rings. The Morgan fingerprint density at radius 2 is 1.87 bits per heavy atom. The summed E-state index contributed by atoms with van der Waals surface area (Å²) in [5.41, 5.74) is 3.38. The summed E-state index contributed by atoms with van der Waals surface area (Å²) in [6.45, 7) is 9.13. The molecule has 1 saturated heterocycles. The Labute approximate surface area is 185 Å². The fraction of sp³-hybridized carbons (Fsp3) is 0.348. The first-order valence-electron chi connectivity index (χ1n) is 10.6. The summed E-state index contributed by atoms with van der Waals surface area (Å²) >= 11 is 1.73. The van der Waals surface area contributed by atoms with E-state index in [-0.39, 0.29) is 0 Å². The smallest absolute Gasteiger partial charge is 0.146 e. The average molecular weight is 435 g/mol. The molecule has 0 aliphatic carbocycles. The van der Waals surface area contributed by atoms with Crippen LogP contribution in [-0.2, 0) is 17.8 Å². The molecule has 1 aromatic carbocycles. The van der Waals surface area contributed by atoms with Gasteiger partial charge in [-0.05, 0) is 25.0 Å². The van der Waals surface area contributed by atoms with Crippen LogP contribution in [0, 0.1) is 13.8 Å². The molecule has 0 bridgehead atoms. The Morgan fingerprint density at radius 1 is 1.06 bits per heavy atom. The summed E-state index contributed by atoms with van der Waals surface area (Å²) in [6, 6.07) is 10.3. The number of aryl methyl sites for hydroxylation is 2. The molecule has 1 N–H and O–H groups in total. The van der Waals surface area contributed by atoms with Crippen molar-refractivity contribution >= 4 is 33.1 Å². The van der Waals surface area contributed by atoms with E-state index < -0.39 is 0 Å². The molecule has 0 saturated carbocycles. The molecular weight excluding hydrogens is 408 g/mol. The minimum absolute atomic E-state index is 0.733. The topological polar surface area (TPSA) is 68.1 Å². The number of morpholine rings is 1. The minimum Gasteiger partial charge on any atom is -0.379 e. The Hall–Kier alpha value is -2.81. The zero-order chi connectivity index (χ0) is 21.2. The second-order valence-corrected chi connectivity index (χ2v) is 9.08. The van der Waals surface area contributed by atoms with Crippen molar-refractivity contribution in [2.24, 2.45) is 0 Å². The maximum Gasteiger partial charge on any atom is 0.146 e. The lowest BCUT2D eigenvalue weighted by atomic mass is 10.2. The van der Waals surface area contributed by atoms with E-state index >= 15 is 0 Å². The molecule has 31 heavy (non-hydrogen) atoms. The van der Waals surface area contributed by atoms with Gasteiger partial charge >= 0.3 is 0 Å². The van der Waals surface area contributed by atoms with Gasteiger partial charge in [-0.2, -0.15) is 5.10 Å². The number of ether oxygens (including phenoxy) is 1. The lowest BCUT2D eigenvalue weighted by Gasteiger charge is -2.25. The van der Waals surface area contributed by atoms with Crippen molar-refractivity contribution in [1.29, 1.82) is 0 Å². The van der Waals surface area contributed by atoms with Crippen LogP contribution in [0.5, 0.6) is 0 Å². The van der Waals surface area contributed by atoms with Crippen LogP contribution in [0.2, 0.25) is 0 Å². The van der Waals surface area contributed by atoms with E-state index in [0.717, 1.165) is 66.9 Å². The summed E-state index contributed by atoms with van der Waals surface area (Å²) in [4.78, 5) is 14.5. The third kappa shape index (κ3) is 4.46. The normalized spacial score (nSPS) is 14.9. The van der Waals surface area contributed by atoms with E-state index in [1.54, 1.807) is 11.3 Å². The van der Waals surface area contributed by atoms with Crippen LogP contribution in [0.15, 0.2) is 42.7 Å². The Bertz CT molecular complexity index is 1180. The van der Waals surface area contributed by atoms with Gasteiger partial charge < -0.3 is 10.1 Å². The molecule has 0 atom stereocenters. The van der Waals surface area contributed by atoms with Crippen molar-refractivity contribution in [3.63, 3.8) is 0 Å². The number of fused-ring (bicyclic) bond motifs is 1. The maximum atomic E-state index is 5.47. The van der Waals surface area contributed by atoms with Gasteiger partial charge in [-0.1, -0.05) is 30.3 Å². The standard InChI is InChI=1S/C23H26N6OS/c1-16-17(2)31-23-21(16)22(26-20(27-23)15-28-8-10-30-11-9-28)25-19-12-24-29(14-19)13-18-6-4-3-5-7-18/h3-7,12,14H,8-11,13,15H2,1-2H3,(H,25,26,27). The first-order valence-corrected chi connectivity index (χ1v) is 11.4. The van der Waals surface area contributed by atoms with E-state index in [2.05, 4.69) is 41.3 Å². The number of hydrogen-bond donors (Lipinski definition) is 1. The molecule has 0 amide bonds. The van der Waals surface area contributed by atoms with Crippen LogP contribution in [0.25, 0.3) is 10.2 Å². The van der Waals surface area contributed by atoms with Crippen molar-refractivity contribution in [3.8, 4) is 0 Å². The highest BCUT2D eigenvalue weighted by atomic mass is 32.1. The number of anilines is 2.